The molecule has 1 aromatic heterocycles. The average Bonchev–Trinajstić information content (AvgIpc) is 2.56. The lowest BCUT2D eigenvalue weighted by molar-refractivity contribution is -0.119. The molecule has 3 aromatic rings. The van der Waals surface area contributed by atoms with Gasteiger partial charge in [-0.25, -0.2) is 0 Å². The van der Waals surface area contributed by atoms with Gasteiger partial charge in [0.2, 0.25) is 5.91 Å². The van der Waals surface area contributed by atoms with E-state index in [1.54, 1.807) is 6.20 Å². The van der Waals surface area contributed by atoms with Crippen LogP contribution in [0.25, 0.3) is 10.9 Å². The first kappa shape index (κ1) is 15.1. The number of hydrogen-bond donors (Lipinski definition) is 2. The van der Waals surface area contributed by atoms with Gasteiger partial charge in [-0.15, -0.1) is 0 Å². The van der Waals surface area contributed by atoms with Gasteiger partial charge in [0, 0.05) is 11.6 Å². The molecule has 5 heteroatoms. The first-order valence-electron chi connectivity index (χ1n) is 7.21. The molecule has 0 spiro atoms. The molecule has 23 heavy (non-hydrogen) atoms. The Morgan fingerprint density at radius 1 is 1.00 bits per heavy atom. The number of pyridine rings is 1. The highest BCUT2D eigenvalue weighted by molar-refractivity contribution is 7.80. The van der Waals surface area contributed by atoms with Gasteiger partial charge in [0.15, 0.2) is 5.11 Å². The minimum absolute atomic E-state index is 0.151. The van der Waals surface area contributed by atoms with E-state index in [1.807, 2.05) is 60.7 Å². The molecule has 3 rings (SSSR count). The maximum Gasteiger partial charge on any atom is 0.230 e. The molecule has 4 nitrogen and oxygen atoms in total. The van der Waals surface area contributed by atoms with Gasteiger partial charge in [-0.2, -0.15) is 0 Å². The van der Waals surface area contributed by atoms with Crippen molar-refractivity contribution in [3.05, 3.63) is 72.4 Å². The second kappa shape index (κ2) is 6.98. The number of nitrogens with one attached hydrogen (secondary N) is 2. The van der Waals surface area contributed by atoms with Crippen LogP contribution in [0, 0.1) is 0 Å². The van der Waals surface area contributed by atoms with Gasteiger partial charge >= 0.3 is 0 Å². The van der Waals surface area contributed by atoms with Crippen LogP contribution < -0.4 is 10.6 Å². The normalized spacial score (nSPS) is 10.3. The standard InChI is InChI=1S/C18H15N3OS/c22-16(12-13-6-2-1-3-7-13)21-18(23)20-15-10-4-8-14-9-5-11-19-17(14)15/h1-11H,12H2,(H2,20,21,22,23). The van der Waals surface area contributed by atoms with E-state index in [2.05, 4.69) is 15.6 Å². The Balaban J connectivity index is 1.66. The summed E-state index contributed by atoms with van der Waals surface area (Å²) in [5.41, 5.74) is 2.53. The number of fused-ring (bicyclic) bond motifs is 1. The van der Waals surface area contributed by atoms with E-state index in [0.29, 0.717) is 0 Å². The molecule has 0 saturated heterocycles. The summed E-state index contributed by atoms with van der Waals surface area (Å²) in [6, 6.07) is 19.2. The minimum Gasteiger partial charge on any atom is -0.331 e. The molecule has 0 atom stereocenters. The van der Waals surface area contributed by atoms with Crippen molar-refractivity contribution in [2.75, 3.05) is 5.32 Å². The van der Waals surface area contributed by atoms with Crippen LogP contribution in [0.4, 0.5) is 5.69 Å². The average molecular weight is 321 g/mol. The molecular formula is C18H15N3OS. The highest BCUT2D eigenvalue weighted by atomic mass is 32.1. The van der Waals surface area contributed by atoms with Crippen LogP contribution >= 0.6 is 12.2 Å². The second-order valence-electron chi connectivity index (χ2n) is 5.05. The molecule has 0 aliphatic heterocycles. The summed E-state index contributed by atoms with van der Waals surface area (Å²) in [6.45, 7) is 0. The molecule has 2 N–H and O–H groups in total. The quantitative estimate of drug-likeness (QED) is 0.727. The first-order valence-corrected chi connectivity index (χ1v) is 7.62. The smallest absolute Gasteiger partial charge is 0.230 e. The summed E-state index contributed by atoms with van der Waals surface area (Å²) in [7, 11) is 0. The van der Waals surface area contributed by atoms with Crippen LogP contribution in [0.5, 0.6) is 0 Å². The molecule has 2 aromatic carbocycles. The molecule has 0 unspecified atom stereocenters. The molecular weight excluding hydrogens is 306 g/mol. The maximum atomic E-state index is 12.0. The molecule has 0 fully saturated rings. The van der Waals surface area contributed by atoms with E-state index in [0.717, 1.165) is 22.2 Å². The van der Waals surface area contributed by atoms with Crippen LogP contribution in [-0.2, 0) is 11.2 Å². The van der Waals surface area contributed by atoms with Gasteiger partial charge in [-0.05, 0) is 29.9 Å². The number of benzene rings is 2. The van der Waals surface area contributed by atoms with Gasteiger partial charge in [0.05, 0.1) is 17.6 Å². The fourth-order valence-electron chi connectivity index (χ4n) is 2.31. The lowest BCUT2D eigenvalue weighted by Gasteiger charge is -2.11. The van der Waals surface area contributed by atoms with Crippen molar-refractivity contribution >= 4 is 39.8 Å². The number of aromatic nitrogens is 1. The van der Waals surface area contributed by atoms with Gasteiger partial charge in [-0.3, -0.25) is 9.78 Å². The van der Waals surface area contributed by atoms with Crippen LogP contribution in [0.3, 0.4) is 0 Å². The zero-order valence-corrected chi connectivity index (χ0v) is 13.1. The summed E-state index contributed by atoms with van der Waals surface area (Å²) < 4.78 is 0. The molecule has 0 radical (unpaired) electrons. The van der Waals surface area contributed by atoms with Crippen LogP contribution in [0.2, 0.25) is 0 Å². The Hall–Kier alpha value is -2.79. The zero-order valence-electron chi connectivity index (χ0n) is 12.3. The van der Waals surface area contributed by atoms with Gasteiger partial charge in [-0.1, -0.05) is 48.5 Å². The number of para-hydroxylation sites is 1. The molecule has 1 amide bonds. The van der Waals surface area contributed by atoms with Gasteiger partial charge < -0.3 is 10.6 Å². The number of hydrogen-bond acceptors (Lipinski definition) is 3. The topological polar surface area (TPSA) is 54.0 Å². The summed E-state index contributed by atoms with van der Waals surface area (Å²) in [6.07, 6.45) is 2.01. The van der Waals surface area contributed by atoms with Crippen molar-refractivity contribution in [3.8, 4) is 0 Å². The monoisotopic (exact) mass is 321 g/mol. The van der Waals surface area contributed by atoms with E-state index in [-0.39, 0.29) is 17.4 Å². The Morgan fingerprint density at radius 3 is 2.61 bits per heavy atom. The third-order valence-electron chi connectivity index (χ3n) is 3.34. The van der Waals surface area contributed by atoms with E-state index >= 15 is 0 Å². The molecule has 0 saturated carbocycles. The van der Waals surface area contributed by atoms with Crippen molar-refractivity contribution < 1.29 is 4.79 Å². The van der Waals surface area contributed by atoms with Crippen molar-refractivity contribution in [1.29, 1.82) is 0 Å². The van der Waals surface area contributed by atoms with Crippen molar-refractivity contribution in [2.45, 2.75) is 6.42 Å². The minimum atomic E-state index is -0.151. The SMILES string of the molecule is O=C(Cc1ccccc1)NC(=S)Nc1cccc2cccnc12. The zero-order chi connectivity index (χ0) is 16.1. The van der Waals surface area contributed by atoms with E-state index in [1.165, 1.54) is 0 Å². The van der Waals surface area contributed by atoms with Crippen molar-refractivity contribution in [1.82, 2.24) is 10.3 Å². The van der Waals surface area contributed by atoms with Crippen LogP contribution in [0.1, 0.15) is 5.56 Å². The highest BCUT2D eigenvalue weighted by Gasteiger charge is 2.08. The lowest BCUT2D eigenvalue weighted by Crippen LogP contribution is -2.35. The molecule has 0 aliphatic carbocycles. The number of nitrogens with zero attached hydrogens (tertiary/aromatic N) is 1. The predicted molar refractivity (Wildman–Crippen MR) is 96.3 cm³/mol. The molecule has 114 valence electrons. The van der Waals surface area contributed by atoms with E-state index in [9.17, 15) is 4.79 Å². The van der Waals surface area contributed by atoms with Crippen molar-refractivity contribution in [2.24, 2.45) is 0 Å². The fourth-order valence-corrected chi connectivity index (χ4v) is 2.53. The van der Waals surface area contributed by atoms with Gasteiger partial charge in [0.1, 0.15) is 0 Å². The van der Waals surface area contributed by atoms with Gasteiger partial charge in [0.25, 0.3) is 0 Å². The Bertz CT molecular complexity index is 844. The Kier molecular flexibility index (Phi) is 4.59. The highest BCUT2D eigenvalue weighted by Crippen LogP contribution is 2.20. The predicted octanol–water partition coefficient (Wildman–Crippen LogP) is 3.29. The summed E-state index contributed by atoms with van der Waals surface area (Å²) in [5, 5.41) is 7.01. The summed E-state index contributed by atoms with van der Waals surface area (Å²) in [5.74, 6) is -0.151. The molecule has 1 heterocycles. The number of rotatable bonds is 3. The van der Waals surface area contributed by atoms with E-state index < -0.39 is 0 Å². The number of carbonyl (C=O) groups is 1. The molecule has 0 bridgehead atoms. The Labute approximate surface area is 139 Å². The maximum absolute atomic E-state index is 12.0. The van der Waals surface area contributed by atoms with Crippen LogP contribution in [0.15, 0.2) is 66.9 Å². The number of anilines is 1. The number of amides is 1. The third kappa shape index (κ3) is 3.90. The van der Waals surface area contributed by atoms with Crippen LogP contribution in [-0.4, -0.2) is 16.0 Å². The fraction of sp³-hybridized carbons (Fsp3) is 0.0556. The summed E-state index contributed by atoms with van der Waals surface area (Å²) in [4.78, 5) is 16.4. The second-order valence-corrected chi connectivity index (χ2v) is 5.45. The number of thiocarbonyl (C=S) groups is 1. The Morgan fingerprint density at radius 2 is 1.78 bits per heavy atom. The van der Waals surface area contributed by atoms with E-state index in [4.69, 9.17) is 12.2 Å². The first-order chi connectivity index (χ1) is 11.2. The van der Waals surface area contributed by atoms with Crippen molar-refractivity contribution in [3.63, 3.8) is 0 Å². The largest absolute Gasteiger partial charge is 0.331 e. The summed E-state index contributed by atoms with van der Waals surface area (Å²) >= 11 is 5.22. The number of carbonyl (C=O) groups excluding carboxylic acids is 1. The third-order valence-corrected chi connectivity index (χ3v) is 3.55. The lowest BCUT2D eigenvalue weighted by atomic mass is 10.1. The molecule has 0 aliphatic rings.